The summed E-state index contributed by atoms with van der Waals surface area (Å²) in [5.74, 6) is 0.263. The van der Waals surface area contributed by atoms with Crippen molar-refractivity contribution in [2.24, 2.45) is 0 Å². The number of nitriles is 1. The van der Waals surface area contributed by atoms with E-state index in [1.165, 1.54) is 0 Å². The normalized spacial score (nSPS) is 10.3. The molecule has 3 heteroatoms. The summed E-state index contributed by atoms with van der Waals surface area (Å²) in [6, 6.07) is 21.1. The maximum atomic E-state index is 9.32. The van der Waals surface area contributed by atoms with Gasteiger partial charge in [0.05, 0.1) is 11.6 Å². The van der Waals surface area contributed by atoms with Crippen LogP contribution in [0.1, 0.15) is 5.56 Å². The molecule has 0 aliphatic rings. The lowest BCUT2D eigenvalue weighted by molar-refractivity contribution is 0.475. The van der Waals surface area contributed by atoms with E-state index < -0.39 is 0 Å². The molecule has 0 amide bonds. The summed E-state index contributed by atoms with van der Waals surface area (Å²) in [7, 11) is 0. The molecule has 0 saturated carbocycles. The summed E-state index contributed by atoms with van der Waals surface area (Å²) in [5, 5.41) is 20.5. The highest BCUT2D eigenvalue weighted by atomic mass is 32.2. The van der Waals surface area contributed by atoms with E-state index in [0.29, 0.717) is 5.56 Å². The minimum absolute atomic E-state index is 0.263. The number of phenolic OH excluding ortho intramolecular Hbond substituents is 1. The Labute approximate surface area is 121 Å². The van der Waals surface area contributed by atoms with Crippen LogP contribution in [-0.4, -0.2) is 5.11 Å². The second-order valence-electron chi connectivity index (χ2n) is 4.36. The number of aromatic hydroxyl groups is 1. The molecule has 0 unspecified atom stereocenters. The Kier molecular flexibility index (Phi) is 3.32. The summed E-state index contributed by atoms with van der Waals surface area (Å²) in [6.45, 7) is 0. The third-order valence-electron chi connectivity index (χ3n) is 3.07. The van der Waals surface area contributed by atoms with Gasteiger partial charge in [0.1, 0.15) is 5.75 Å². The van der Waals surface area contributed by atoms with Crippen LogP contribution in [-0.2, 0) is 0 Å². The standard InChI is InChI=1S/C17H11NOS/c18-11-12-5-10-17(16-4-2-1-3-15(12)16)20-14-8-6-13(19)7-9-14/h1-10,19H. The van der Waals surface area contributed by atoms with E-state index in [0.717, 1.165) is 20.6 Å². The summed E-state index contributed by atoms with van der Waals surface area (Å²) < 4.78 is 0. The quantitative estimate of drug-likeness (QED) is 0.746. The van der Waals surface area contributed by atoms with Crippen LogP contribution in [0.25, 0.3) is 10.8 Å². The molecule has 0 spiro atoms. The van der Waals surface area contributed by atoms with E-state index in [9.17, 15) is 5.11 Å². The fourth-order valence-electron chi connectivity index (χ4n) is 2.10. The van der Waals surface area contributed by atoms with E-state index in [1.807, 2.05) is 48.5 Å². The van der Waals surface area contributed by atoms with E-state index in [2.05, 4.69) is 6.07 Å². The molecular weight excluding hydrogens is 266 g/mol. The fourth-order valence-corrected chi connectivity index (χ4v) is 3.05. The maximum absolute atomic E-state index is 9.32. The molecular formula is C17H11NOS. The Balaban J connectivity index is 2.09. The first-order chi connectivity index (χ1) is 9.78. The molecule has 0 aliphatic carbocycles. The number of hydrogen-bond donors (Lipinski definition) is 1. The van der Waals surface area contributed by atoms with Crippen LogP contribution in [0, 0.1) is 11.3 Å². The van der Waals surface area contributed by atoms with Crippen molar-refractivity contribution in [3.63, 3.8) is 0 Å². The van der Waals surface area contributed by atoms with Crippen molar-refractivity contribution < 1.29 is 5.11 Å². The lowest BCUT2D eigenvalue weighted by Gasteiger charge is -2.07. The molecule has 0 aliphatic heterocycles. The van der Waals surface area contributed by atoms with Crippen LogP contribution < -0.4 is 0 Å². The highest BCUT2D eigenvalue weighted by Crippen LogP contribution is 2.35. The monoisotopic (exact) mass is 277 g/mol. The van der Waals surface area contributed by atoms with Crippen molar-refractivity contribution in [2.45, 2.75) is 9.79 Å². The number of fused-ring (bicyclic) bond motifs is 1. The van der Waals surface area contributed by atoms with Crippen LogP contribution in [0.15, 0.2) is 70.5 Å². The van der Waals surface area contributed by atoms with E-state index in [4.69, 9.17) is 5.26 Å². The molecule has 0 aromatic heterocycles. The van der Waals surface area contributed by atoms with Crippen molar-refractivity contribution in [1.82, 2.24) is 0 Å². The smallest absolute Gasteiger partial charge is 0.115 e. The largest absolute Gasteiger partial charge is 0.508 e. The first kappa shape index (κ1) is 12.6. The minimum Gasteiger partial charge on any atom is -0.508 e. The number of phenols is 1. The Morgan fingerprint density at radius 1 is 0.850 bits per heavy atom. The number of rotatable bonds is 2. The zero-order valence-electron chi connectivity index (χ0n) is 10.6. The van der Waals surface area contributed by atoms with Gasteiger partial charge in [-0.05, 0) is 41.8 Å². The average molecular weight is 277 g/mol. The van der Waals surface area contributed by atoms with Gasteiger partial charge in [0, 0.05) is 15.2 Å². The first-order valence-corrected chi connectivity index (χ1v) is 6.98. The topological polar surface area (TPSA) is 44.0 Å². The Morgan fingerprint density at radius 3 is 2.25 bits per heavy atom. The van der Waals surface area contributed by atoms with Gasteiger partial charge in [-0.25, -0.2) is 0 Å². The highest BCUT2D eigenvalue weighted by molar-refractivity contribution is 7.99. The molecule has 96 valence electrons. The summed E-state index contributed by atoms with van der Waals surface area (Å²) in [6.07, 6.45) is 0. The fraction of sp³-hybridized carbons (Fsp3) is 0. The van der Waals surface area contributed by atoms with Gasteiger partial charge in [0.15, 0.2) is 0 Å². The predicted octanol–water partition coefficient (Wildman–Crippen LogP) is 4.57. The second-order valence-corrected chi connectivity index (χ2v) is 5.48. The van der Waals surface area contributed by atoms with Crippen LogP contribution in [0.5, 0.6) is 5.75 Å². The molecule has 0 atom stereocenters. The third kappa shape index (κ3) is 2.34. The second kappa shape index (κ2) is 5.28. The molecule has 3 aromatic rings. The average Bonchev–Trinajstić information content (AvgIpc) is 2.50. The Morgan fingerprint density at radius 2 is 1.55 bits per heavy atom. The molecule has 0 heterocycles. The van der Waals surface area contributed by atoms with E-state index >= 15 is 0 Å². The molecule has 0 radical (unpaired) electrons. The van der Waals surface area contributed by atoms with Gasteiger partial charge in [-0.3, -0.25) is 0 Å². The number of benzene rings is 3. The van der Waals surface area contributed by atoms with Crippen molar-refractivity contribution in [3.8, 4) is 11.8 Å². The van der Waals surface area contributed by atoms with Gasteiger partial charge in [-0.15, -0.1) is 0 Å². The molecule has 1 N–H and O–H groups in total. The molecule has 20 heavy (non-hydrogen) atoms. The molecule has 0 fully saturated rings. The Bertz CT molecular complexity index is 803. The first-order valence-electron chi connectivity index (χ1n) is 6.16. The van der Waals surface area contributed by atoms with Crippen LogP contribution >= 0.6 is 11.8 Å². The van der Waals surface area contributed by atoms with Gasteiger partial charge in [0.25, 0.3) is 0 Å². The molecule has 3 rings (SSSR count). The van der Waals surface area contributed by atoms with Crippen molar-refractivity contribution in [1.29, 1.82) is 5.26 Å². The van der Waals surface area contributed by atoms with E-state index in [1.54, 1.807) is 23.9 Å². The van der Waals surface area contributed by atoms with Crippen LogP contribution in [0.2, 0.25) is 0 Å². The number of nitrogens with zero attached hydrogens (tertiary/aromatic N) is 1. The van der Waals surface area contributed by atoms with Gasteiger partial charge >= 0.3 is 0 Å². The van der Waals surface area contributed by atoms with Gasteiger partial charge in [0.2, 0.25) is 0 Å². The molecule has 3 aromatic carbocycles. The van der Waals surface area contributed by atoms with Gasteiger partial charge in [-0.2, -0.15) is 5.26 Å². The van der Waals surface area contributed by atoms with Crippen molar-refractivity contribution in [3.05, 3.63) is 66.2 Å². The van der Waals surface area contributed by atoms with Crippen LogP contribution in [0.3, 0.4) is 0 Å². The third-order valence-corrected chi connectivity index (χ3v) is 4.15. The Hall–Kier alpha value is -2.44. The summed E-state index contributed by atoms with van der Waals surface area (Å²) >= 11 is 1.62. The van der Waals surface area contributed by atoms with E-state index in [-0.39, 0.29) is 5.75 Å². The van der Waals surface area contributed by atoms with Gasteiger partial charge in [-0.1, -0.05) is 36.0 Å². The molecule has 2 nitrogen and oxygen atoms in total. The summed E-state index contributed by atoms with van der Waals surface area (Å²) in [4.78, 5) is 2.16. The maximum Gasteiger partial charge on any atom is 0.115 e. The van der Waals surface area contributed by atoms with Crippen LogP contribution in [0.4, 0.5) is 0 Å². The molecule has 0 saturated heterocycles. The minimum atomic E-state index is 0.263. The lowest BCUT2D eigenvalue weighted by atomic mass is 10.1. The molecule has 0 bridgehead atoms. The summed E-state index contributed by atoms with van der Waals surface area (Å²) in [5.41, 5.74) is 0.690. The lowest BCUT2D eigenvalue weighted by Crippen LogP contribution is -1.83. The predicted molar refractivity (Wildman–Crippen MR) is 80.9 cm³/mol. The number of hydrogen-bond acceptors (Lipinski definition) is 3. The SMILES string of the molecule is N#Cc1ccc(Sc2ccc(O)cc2)c2ccccc12. The van der Waals surface area contributed by atoms with Gasteiger partial charge < -0.3 is 5.11 Å². The zero-order valence-corrected chi connectivity index (χ0v) is 11.4. The highest BCUT2D eigenvalue weighted by Gasteiger charge is 2.06. The van der Waals surface area contributed by atoms with Crippen molar-refractivity contribution in [2.75, 3.05) is 0 Å². The zero-order chi connectivity index (χ0) is 13.9. The van der Waals surface area contributed by atoms with Crippen molar-refractivity contribution >= 4 is 22.5 Å².